The van der Waals surface area contributed by atoms with Gasteiger partial charge in [0.25, 0.3) is 11.8 Å². The molecule has 0 saturated heterocycles. The van der Waals surface area contributed by atoms with Crippen LogP contribution < -0.4 is 10.5 Å². The number of amides is 1. The molecule has 2 aromatic carbocycles. The molecular formula is C23H18F3N5O2. The number of hydrogen-bond acceptors (Lipinski definition) is 5. The van der Waals surface area contributed by atoms with Crippen molar-refractivity contribution in [2.75, 3.05) is 19.4 Å². The molecule has 1 aliphatic carbocycles. The van der Waals surface area contributed by atoms with Crippen LogP contribution in [0.2, 0.25) is 0 Å². The molecule has 3 heterocycles. The number of rotatable bonds is 3. The zero-order chi connectivity index (χ0) is 23.1. The Morgan fingerprint density at radius 1 is 1.27 bits per heavy atom. The summed E-state index contributed by atoms with van der Waals surface area (Å²) in [4.78, 5) is 22.9. The van der Waals surface area contributed by atoms with Gasteiger partial charge < -0.3 is 15.4 Å². The minimum atomic E-state index is -2.67. The van der Waals surface area contributed by atoms with Crippen molar-refractivity contribution >= 4 is 28.3 Å². The Labute approximate surface area is 185 Å². The van der Waals surface area contributed by atoms with Gasteiger partial charge in [0.1, 0.15) is 29.5 Å². The third-order valence-electron chi connectivity index (χ3n) is 6.51. The van der Waals surface area contributed by atoms with E-state index in [2.05, 4.69) is 9.97 Å². The molecule has 4 aromatic rings. The summed E-state index contributed by atoms with van der Waals surface area (Å²) in [6.07, 6.45) is 2.89. The molecule has 10 heteroatoms. The number of anilines is 1. The van der Waals surface area contributed by atoms with E-state index in [0.29, 0.717) is 33.4 Å². The summed E-state index contributed by atoms with van der Waals surface area (Å²) in [6, 6.07) is 7.09. The van der Waals surface area contributed by atoms with Gasteiger partial charge in [-0.1, -0.05) is 12.1 Å². The summed E-state index contributed by atoms with van der Waals surface area (Å²) >= 11 is 0. The van der Waals surface area contributed by atoms with Gasteiger partial charge >= 0.3 is 0 Å². The standard InChI is InChI=1S/C23H18F3N5O2/c1-30(19-9-33-20-4-11(2-3-12(19)20)14-7-23(14,25)26)22(32)13-5-17-16(6-15(13)24)29-21(27)18-8-28-10-31(17)18/h2-6,8,10,14,19H,7,9H2,1H3,(H2,27,29)/t14?,19-/m1/s1. The Hall–Kier alpha value is -3.82. The minimum Gasteiger partial charge on any atom is -0.491 e. The van der Waals surface area contributed by atoms with Gasteiger partial charge in [0.05, 0.1) is 41.1 Å². The number of aromatic nitrogens is 3. The number of nitrogens with zero attached hydrogens (tertiary/aromatic N) is 4. The number of likely N-dealkylation sites (N-methyl/N-ethyl adjacent to an activating group) is 1. The Bertz CT molecular complexity index is 1470. The van der Waals surface area contributed by atoms with Crippen LogP contribution in [0.25, 0.3) is 16.6 Å². The number of ether oxygens (including phenoxy) is 1. The molecule has 33 heavy (non-hydrogen) atoms. The van der Waals surface area contributed by atoms with Gasteiger partial charge in [0.2, 0.25) is 0 Å². The Balaban J connectivity index is 1.34. The van der Waals surface area contributed by atoms with E-state index >= 15 is 0 Å². The van der Waals surface area contributed by atoms with E-state index < -0.39 is 29.6 Å². The predicted octanol–water partition coefficient (Wildman–Crippen LogP) is 3.93. The fraction of sp³-hybridized carbons (Fsp3) is 0.261. The molecule has 2 N–H and O–H groups in total. The third-order valence-corrected chi connectivity index (χ3v) is 6.51. The SMILES string of the molecule is CN(C(=O)c1cc2c(cc1F)nc(N)c1cncn12)[C@@H]1COc2cc(C3CC3(F)F)ccc21. The molecule has 1 saturated carbocycles. The highest BCUT2D eigenvalue weighted by Crippen LogP contribution is 2.56. The van der Waals surface area contributed by atoms with Crippen LogP contribution in [0.4, 0.5) is 19.0 Å². The predicted molar refractivity (Wildman–Crippen MR) is 114 cm³/mol. The maximum Gasteiger partial charge on any atom is 0.257 e. The van der Waals surface area contributed by atoms with Crippen LogP contribution in [0.3, 0.4) is 0 Å². The van der Waals surface area contributed by atoms with Gasteiger partial charge in [-0.15, -0.1) is 0 Å². The molecule has 7 nitrogen and oxygen atoms in total. The van der Waals surface area contributed by atoms with Crippen LogP contribution in [0, 0.1) is 5.82 Å². The van der Waals surface area contributed by atoms with Crippen LogP contribution in [-0.2, 0) is 0 Å². The number of carbonyl (C=O) groups is 1. The zero-order valence-electron chi connectivity index (χ0n) is 17.4. The smallest absolute Gasteiger partial charge is 0.257 e. The van der Waals surface area contributed by atoms with Crippen LogP contribution in [0.1, 0.15) is 39.9 Å². The van der Waals surface area contributed by atoms with E-state index in [4.69, 9.17) is 10.5 Å². The molecule has 1 amide bonds. The first-order valence-corrected chi connectivity index (χ1v) is 10.4. The van der Waals surface area contributed by atoms with Crippen molar-refractivity contribution in [2.24, 2.45) is 0 Å². The lowest BCUT2D eigenvalue weighted by Crippen LogP contribution is -2.32. The first-order chi connectivity index (χ1) is 15.7. The monoisotopic (exact) mass is 453 g/mol. The third kappa shape index (κ3) is 2.93. The Morgan fingerprint density at radius 3 is 2.82 bits per heavy atom. The molecule has 0 radical (unpaired) electrons. The molecule has 168 valence electrons. The summed E-state index contributed by atoms with van der Waals surface area (Å²) in [5.41, 5.74) is 8.35. The van der Waals surface area contributed by atoms with E-state index in [1.165, 1.54) is 29.6 Å². The van der Waals surface area contributed by atoms with Gasteiger partial charge in [-0.3, -0.25) is 9.20 Å². The van der Waals surface area contributed by atoms with Crippen molar-refractivity contribution in [3.05, 3.63) is 65.4 Å². The van der Waals surface area contributed by atoms with E-state index in [-0.39, 0.29) is 24.4 Å². The van der Waals surface area contributed by atoms with Crippen molar-refractivity contribution in [1.29, 1.82) is 0 Å². The van der Waals surface area contributed by atoms with Crippen molar-refractivity contribution in [3.63, 3.8) is 0 Å². The summed E-state index contributed by atoms with van der Waals surface area (Å²) in [5.74, 6) is -4.06. The molecule has 1 unspecified atom stereocenters. The van der Waals surface area contributed by atoms with Gasteiger partial charge in [0, 0.05) is 25.1 Å². The number of imidazole rings is 1. The van der Waals surface area contributed by atoms with Gasteiger partial charge in [-0.05, 0) is 17.7 Å². The molecule has 1 aliphatic heterocycles. The lowest BCUT2D eigenvalue weighted by atomic mass is 10.0. The molecule has 2 atom stereocenters. The molecule has 2 aromatic heterocycles. The number of nitrogens with two attached hydrogens (primary N) is 1. The second-order valence-corrected chi connectivity index (χ2v) is 8.52. The average Bonchev–Trinajstić information content (AvgIpc) is 3.16. The maximum absolute atomic E-state index is 14.9. The first kappa shape index (κ1) is 19.8. The zero-order valence-corrected chi connectivity index (χ0v) is 17.4. The average molecular weight is 453 g/mol. The fourth-order valence-corrected chi connectivity index (χ4v) is 4.51. The van der Waals surface area contributed by atoms with E-state index in [1.54, 1.807) is 29.6 Å². The summed E-state index contributed by atoms with van der Waals surface area (Å²) < 4.78 is 49.2. The molecule has 6 rings (SSSR count). The second-order valence-electron chi connectivity index (χ2n) is 8.52. The van der Waals surface area contributed by atoms with E-state index in [1.807, 2.05) is 0 Å². The number of benzene rings is 2. The van der Waals surface area contributed by atoms with E-state index in [9.17, 15) is 18.0 Å². The van der Waals surface area contributed by atoms with Crippen molar-refractivity contribution in [1.82, 2.24) is 19.3 Å². The normalized spacial score (nSPS) is 20.6. The van der Waals surface area contributed by atoms with Crippen LogP contribution in [-0.4, -0.2) is 44.8 Å². The van der Waals surface area contributed by atoms with Gasteiger partial charge in [0.15, 0.2) is 0 Å². The summed E-state index contributed by atoms with van der Waals surface area (Å²) in [5, 5.41) is 0. The lowest BCUT2D eigenvalue weighted by molar-refractivity contribution is 0.0704. The fourth-order valence-electron chi connectivity index (χ4n) is 4.51. The van der Waals surface area contributed by atoms with Gasteiger partial charge in [-0.2, -0.15) is 0 Å². The summed E-state index contributed by atoms with van der Waals surface area (Å²) in [7, 11) is 1.56. The van der Waals surface area contributed by atoms with Gasteiger partial charge in [-0.25, -0.2) is 23.1 Å². The van der Waals surface area contributed by atoms with Crippen LogP contribution in [0.5, 0.6) is 5.75 Å². The minimum absolute atomic E-state index is 0.130. The molecule has 2 aliphatic rings. The highest BCUT2D eigenvalue weighted by Gasteiger charge is 2.57. The van der Waals surface area contributed by atoms with Crippen LogP contribution in [0.15, 0.2) is 42.9 Å². The summed E-state index contributed by atoms with van der Waals surface area (Å²) in [6.45, 7) is 0.154. The highest BCUT2D eigenvalue weighted by atomic mass is 19.3. The lowest BCUT2D eigenvalue weighted by Gasteiger charge is -2.24. The molecule has 1 fully saturated rings. The first-order valence-electron chi connectivity index (χ1n) is 10.4. The van der Waals surface area contributed by atoms with Crippen molar-refractivity contribution in [2.45, 2.75) is 24.3 Å². The van der Waals surface area contributed by atoms with Crippen molar-refractivity contribution < 1.29 is 22.7 Å². The second kappa shape index (κ2) is 6.60. The highest BCUT2D eigenvalue weighted by molar-refractivity contribution is 5.98. The number of hydrogen-bond donors (Lipinski definition) is 1. The quantitative estimate of drug-likeness (QED) is 0.508. The maximum atomic E-state index is 14.9. The molecule has 0 bridgehead atoms. The van der Waals surface area contributed by atoms with Crippen molar-refractivity contribution in [3.8, 4) is 5.75 Å². The number of nitrogen functional groups attached to an aromatic ring is 1. The number of fused-ring (bicyclic) bond motifs is 4. The number of halogens is 3. The largest absolute Gasteiger partial charge is 0.491 e. The van der Waals surface area contributed by atoms with Crippen LogP contribution >= 0.6 is 0 Å². The Morgan fingerprint density at radius 2 is 2.06 bits per heavy atom. The molecular weight excluding hydrogens is 435 g/mol. The topological polar surface area (TPSA) is 85.8 Å². The Kier molecular flexibility index (Phi) is 3.96. The number of alkyl halides is 2. The molecule has 0 spiro atoms. The number of carbonyl (C=O) groups excluding carboxylic acids is 1. The van der Waals surface area contributed by atoms with E-state index in [0.717, 1.165) is 0 Å².